The van der Waals surface area contributed by atoms with Crippen LogP contribution in [0.4, 0.5) is 9.52 Å². The van der Waals surface area contributed by atoms with Crippen LogP contribution in [0.5, 0.6) is 0 Å². The molecule has 0 bridgehead atoms. The van der Waals surface area contributed by atoms with Crippen molar-refractivity contribution in [3.05, 3.63) is 47.8 Å². The van der Waals surface area contributed by atoms with Gasteiger partial charge in [0.05, 0.1) is 20.4 Å². The van der Waals surface area contributed by atoms with Crippen LogP contribution in [0.25, 0.3) is 20.4 Å². The van der Waals surface area contributed by atoms with Crippen molar-refractivity contribution in [1.29, 1.82) is 0 Å². The molecular weight excluding hydrogens is 365 g/mol. The number of hydrogen-bond donors (Lipinski definition) is 1. The standard InChI is InChI=1S/C16H10FN3OS3/c1-22-16-19-11-7-6-10-12(13(11)24-16)23-15(18-10)20-14(21)8-2-4-9(17)5-3-8/h2-7H,1H3,(H,18,20,21). The molecule has 0 saturated carbocycles. The lowest BCUT2D eigenvalue weighted by Crippen LogP contribution is -2.11. The first kappa shape index (κ1) is 15.5. The number of amides is 1. The minimum absolute atomic E-state index is 0.306. The highest BCUT2D eigenvalue weighted by Crippen LogP contribution is 2.38. The molecule has 0 atom stereocenters. The van der Waals surface area contributed by atoms with E-state index >= 15 is 0 Å². The highest BCUT2D eigenvalue weighted by atomic mass is 32.2. The van der Waals surface area contributed by atoms with Gasteiger partial charge in [0, 0.05) is 5.56 Å². The van der Waals surface area contributed by atoms with E-state index in [0.717, 1.165) is 24.8 Å². The molecule has 4 aromatic rings. The summed E-state index contributed by atoms with van der Waals surface area (Å²) in [6, 6.07) is 9.27. The number of rotatable bonds is 3. The fourth-order valence-corrected chi connectivity index (χ4v) is 4.92. The molecule has 120 valence electrons. The Kier molecular flexibility index (Phi) is 3.95. The molecule has 0 spiro atoms. The monoisotopic (exact) mass is 375 g/mol. The van der Waals surface area contributed by atoms with Gasteiger partial charge in [0.1, 0.15) is 5.82 Å². The zero-order valence-corrected chi connectivity index (χ0v) is 14.8. The number of aromatic nitrogens is 2. The van der Waals surface area contributed by atoms with Crippen molar-refractivity contribution in [3.8, 4) is 0 Å². The van der Waals surface area contributed by atoms with E-state index in [-0.39, 0.29) is 11.7 Å². The van der Waals surface area contributed by atoms with Crippen LogP contribution < -0.4 is 5.32 Å². The van der Waals surface area contributed by atoms with Gasteiger partial charge in [-0.25, -0.2) is 14.4 Å². The molecule has 4 nitrogen and oxygen atoms in total. The molecule has 0 fully saturated rings. The van der Waals surface area contributed by atoms with E-state index in [0.29, 0.717) is 10.7 Å². The average Bonchev–Trinajstić information content (AvgIpc) is 3.17. The zero-order valence-electron chi connectivity index (χ0n) is 12.4. The number of thioether (sulfide) groups is 1. The normalized spacial score (nSPS) is 11.2. The highest BCUT2D eigenvalue weighted by Gasteiger charge is 2.14. The first-order valence-corrected chi connectivity index (χ1v) is 9.81. The summed E-state index contributed by atoms with van der Waals surface area (Å²) in [6.07, 6.45) is 2.00. The molecule has 1 amide bonds. The van der Waals surface area contributed by atoms with E-state index in [4.69, 9.17) is 0 Å². The fourth-order valence-electron chi connectivity index (χ4n) is 2.26. The van der Waals surface area contributed by atoms with Crippen LogP contribution >= 0.6 is 34.4 Å². The minimum atomic E-state index is -0.372. The van der Waals surface area contributed by atoms with E-state index in [2.05, 4.69) is 15.3 Å². The third-order valence-electron chi connectivity index (χ3n) is 3.39. The summed E-state index contributed by atoms with van der Waals surface area (Å²) >= 11 is 4.66. The molecule has 0 aliphatic carbocycles. The maximum absolute atomic E-state index is 12.9. The Balaban J connectivity index is 1.69. The number of fused-ring (bicyclic) bond motifs is 3. The van der Waals surface area contributed by atoms with Crippen molar-refractivity contribution < 1.29 is 9.18 Å². The summed E-state index contributed by atoms with van der Waals surface area (Å²) in [5.41, 5.74) is 2.17. The second-order valence-electron chi connectivity index (χ2n) is 4.93. The average molecular weight is 375 g/mol. The topological polar surface area (TPSA) is 54.9 Å². The summed E-state index contributed by atoms with van der Waals surface area (Å²) in [4.78, 5) is 21.2. The van der Waals surface area contributed by atoms with Gasteiger partial charge in [-0.15, -0.1) is 11.3 Å². The summed E-state index contributed by atoms with van der Waals surface area (Å²) in [7, 11) is 0. The quantitative estimate of drug-likeness (QED) is 0.511. The van der Waals surface area contributed by atoms with Gasteiger partial charge in [0.2, 0.25) is 0 Å². The molecule has 2 heterocycles. The number of hydrogen-bond acceptors (Lipinski definition) is 6. The number of carbonyl (C=O) groups excluding carboxylic acids is 1. The molecule has 1 N–H and O–H groups in total. The SMILES string of the molecule is CSc1nc2ccc3nc(NC(=O)c4ccc(F)cc4)sc3c2s1. The number of benzene rings is 2. The van der Waals surface area contributed by atoms with E-state index in [1.165, 1.54) is 35.6 Å². The third kappa shape index (κ3) is 2.77. The number of nitrogens with one attached hydrogen (secondary N) is 1. The first-order valence-electron chi connectivity index (χ1n) is 6.95. The Bertz CT molecular complexity index is 1060. The van der Waals surface area contributed by atoms with Crippen molar-refractivity contribution >= 4 is 65.9 Å². The Labute approximate surface area is 148 Å². The van der Waals surface area contributed by atoms with Crippen LogP contribution in [0.2, 0.25) is 0 Å². The van der Waals surface area contributed by atoms with Crippen LogP contribution in [0.15, 0.2) is 40.7 Å². The van der Waals surface area contributed by atoms with Crippen LogP contribution in [-0.4, -0.2) is 22.1 Å². The molecule has 0 saturated heterocycles. The fraction of sp³-hybridized carbons (Fsp3) is 0.0625. The zero-order chi connectivity index (χ0) is 16.7. The van der Waals surface area contributed by atoms with Crippen molar-refractivity contribution in [1.82, 2.24) is 9.97 Å². The van der Waals surface area contributed by atoms with Gasteiger partial charge < -0.3 is 0 Å². The van der Waals surface area contributed by atoms with Crippen LogP contribution in [0.1, 0.15) is 10.4 Å². The minimum Gasteiger partial charge on any atom is -0.298 e. The summed E-state index contributed by atoms with van der Waals surface area (Å²) in [5.74, 6) is -0.678. The van der Waals surface area contributed by atoms with E-state index in [9.17, 15) is 9.18 Å². The lowest BCUT2D eigenvalue weighted by atomic mass is 10.2. The lowest BCUT2D eigenvalue weighted by Gasteiger charge is -2.00. The highest BCUT2D eigenvalue weighted by molar-refractivity contribution is 8.00. The molecule has 0 aliphatic rings. The second kappa shape index (κ2) is 6.12. The maximum atomic E-state index is 12.9. The van der Waals surface area contributed by atoms with Crippen molar-refractivity contribution in [2.24, 2.45) is 0 Å². The Morgan fingerprint density at radius 3 is 2.42 bits per heavy atom. The van der Waals surface area contributed by atoms with Gasteiger partial charge in [-0.05, 0) is 42.7 Å². The molecule has 24 heavy (non-hydrogen) atoms. The predicted octanol–water partition coefficient (Wildman–Crippen LogP) is 5.02. The van der Waals surface area contributed by atoms with E-state index in [1.807, 2.05) is 18.4 Å². The van der Waals surface area contributed by atoms with Gasteiger partial charge in [0.25, 0.3) is 5.91 Å². The molecule has 8 heteroatoms. The van der Waals surface area contributed by atoms with Crippen LogP contribution in [0, 0.1) is 5.82 Å². The Morgan fingerprint density at radius 1 is 1.04 bits per heavy atom. The van der Waals surface area contributed by atoms with Gasteiger partial charge in [0.15, 0.2) is 9.47 Å². The molecule has 0 unspecified atom stereocenters. The van der Waals surface area contributed by atoms with Crippen molar-refractivity contribution in [3.63, 3.8) is 0 Å². The van der Waals surface area contributed by atoms with Gasteiger partial charge in [-0.1, -0.05) is 23.1 Å². The van der Waals surface area contributed by atoms with E-state index in [1.54, 1.807) is 23.1 Å². The van der Waals surface area contributed by atoms with Crippen molar-refractivity contribution in [2.45, 2.75) is 4.34 Å². The lowest BCUT2D eigenvalue weighted by molar-refractivity contribution is 0.102. The largest absolute Gasteiger partial charge is 0.298 e. The third-order valence-corrected chi connectivity index (χ3v) is 6.60. The van der Waals surface area contributed by atoms with Gasteiger partial charge >= 0.3 is 0 Å². The van der Waals surface area contributed by atoms with Crippen molar-refractivity contribution in [2.75, 3.05) is 11.6 Å². The Hall–Kier alpha value is -2.03. The first-order chi connectivity index (χ1) is 11.6. The number of nitrogens with zero attached hydrogens (tertiary/aromatic N) is 2. The number of halogens is 1. The molecule has 2 aromatic carbocycles. The number of thiazole rings is 2. The summed E-state index contributed by atoms with van der Waals surface area (Å²) in [5, 5.41) is 3.30. The number of anilines is 1. The maximum Gasteiger partial charge on any atom is 0.257 e. The van der Waals surface area contributed by atoms with E-state index < -0.39 is 0 Å². The molecule has 0 aliphatic heterocycles. The summed E-state index contributed by atoms with van der Waals surface area (Å²) in [6.45, 7) is 0. The van der Waals surface area contributed by atoms with Gasteiger partial charge in [-0.2, -0.15) is 0 Å². The predicted molar refractivity (Wildman–Crippen MR) is 98.9 cm³/mol. The second-order valence-corrected chi connectivity index (χ2v) is 7.98. The smallest absolute Gasteiger partial charge is 0.257 e. The Morgan fingerprint density at radius 2 is 1.71 bits per heavy atom. The van der Waals surface area contributed by atoms with Crippen LogP contribution in [0.3, 0.4) is 0 Å². The molecule has 4 rings (SSSR count). The summed E-state index contributed by atoms with van der Waals surface area (Å²) < 4.78 is 16.0. The number of carbonyl (C=O) groups is 1. The molecule has 0 radical (unpaired) electrons. The van der Waals surface area contributed by atoms with Crippen LogP contribution in [-0.2, 0) is 0 Å². The molecule has 2 aromatic heterocycles. The van der Waals surface area contributed by atoms with Gasteiger partial charge in [-0.3, -0.25) is 10.1 Å². The molecular formula is C16H10FN3OS3.